The number of aliphatic hydroxyl groups is 4. The fourth-order valence-electron chi connectivity index (χ4n) is 2.76. The Bertz CT molecular complexity index is 604. The number of aryl methyl sites for hydroxylation is 1. The molecule has 1 aliphatic heterocycles. The van der Waals surface area contributed by atoms with Crippen LogP contribution in [0.5, 0.6) is 11.5 Å². The summed E-state index contributed by atoms with van der Waals surface area (Å²) < 4.78 is 10.7. The number of phenols is 1. The summed E-state index contributed by atoms with van der Waals surface area (Å²) in [6.07, 6.45) is -5.34. The average Bonchev–Trinajstić information content (AvgIpc) is 2.58. The van der Waals surface area contributed by atoms with E-state index in [-0.39, 0.29) is 17.9 Å². The Balaban J connectivity index is 2.02. The van der Waals surface area contributed by atoms with E-state index in [1.54, 1.807) is 6.07 Å². The second kappa shape index (κ2) is 9.15. The predicted octanol–water partition coefficient (Wildman–Crippen LogP) is -0.632. The van der Waals surface area contributed by atoms with Gasteiger partial charge in [0.05, 0.1) is 6.61 Å². The number of hydrogen-bond acceptors (Lipinski definition) is 8. The molecule has 2 rings (SSSR count). The number of carboxylic acid groups (broad SMARTS) is 1. The Morgan fingerprint density at radius 1 is 1.08 bits per heavy atom. The summed E-state index contributed by atoms with van der Waals surface area (Å²) in [7, 11) is 0. The highest BCUT2D eigenvalue weighted by Gasteiger charge is 2.44. The third-order valence-corrected chi connectivity index (χ3v) is 4.16. The van der Waals surface area contributed by atoms with Crippen LogP contribution in [0.2, 0.25) is 0 Å². The number of aliphatic carboxylic acids is 1. The second-order valence-electron chi connectivity index (χ2n) is 6.25. The monoisotopic (exact) mass is 372 g/mol. The molecule has 0 radical (unpaired) electrons. The summed E-state index contributed by atoms with van der Waals surface area (Å²) in [5.74, 6) is -0.782. The molecule has 1 aromatic rings. The minimum absolute atomic E-state index is 0.0625. The Morgan fingerprint density at radius 3 is 2.46 bits per heavy atom. The van der Waals surface area contributed by atoms with Crippen molar-refractivity contribution in [2.24, 2.45) is 0 Å². The lowest BCUT2D eigenvalue weighted by Gasteiger charge is -2.39. The fourth-order valence-corrected chi connectivity index (χ4v) is 2.76. The maximum absolute atomic E-state index is 10.5. The highest BCUT2D eigenvalue weighted by atomic mass is 16.7. The van der Waals surface area contributed by atoms with E-state index in [1.165, 1.54) is 12.1 Å². The number of hydrogen-bond donors (Lipinski definition) is 6. The van der Waals surface area contributed by atoms with Crippen molar-refractivity contribution in [1.29, 1.82) is 0 Å². The van der Waals surface area contributed by atoms with Gasteiger partial charge in [0.2, 0.25) is 6.29 Å². The first kappa shape index (κ1) is 20.4. The Morgan fingerprint density at radius 2 is 1.81 bits per heavy atom. The summed E-state index contributed by atoms with van der Waals surface area (Å²) in [6, 6.07) is 4.41. The van der Waals surface area contributed by atoms with Gasteiger partial charge in [0.15, 0.2) is 0 Å². The van der Waals surface area contributed by atoms with Crippen LogP contribution in [0, 0.1) is 0 Å². The van der Waals surface area contributed by atoms with Gasteiger partial charge in [0.25, 0.3) is 0 Å². The van der Waals surface area contributed by atoms with Gasteiger partial charge < -0.3 is 40.1 Å². The van der Waals surface area contributed by atoms with Gasteiger partial charge in [-0.2, -0.15) is 0 Å². The van der Waals surface area contributed by atoms with E-state index in [2.05, 4.69) is 0 Å². The Hall–Kier alpha value is -1.91. The van der Waals surface area contributed by atoms with E-state index in [9.17, 15) is 30.3 Å². The number of rotatable bonds is 8. The molecule has 1 fully saturated rings. The van der Waals surface area contributed by atoms with Crippen molar-refractivity contribution in [3.8, 4) is 11.5 Å². The third kappa shape index (κ3) is 5.29. The first-order chi connectivity index (χ1) is 12.3. The third-order valence-electron chi connectivity index (χ3n) is 4.16. The van der Waals surface area contributed by atoms with Crippen molar-refractivity contribution in [3.63, 3.8) is 0 Å². The molecule has 0 aromatic heterocycles. The molecular weight excluding hydrogens is 348 g/mol. The quantitative estimate of drug-likeness (QED) is 0.327. The highest BCUT2D eigenvalue weighted by Crippen LogP contribution is 2.28. The van der Waals surface area contributed by atoms with Crippen molar-refractivity contribution in [3.05, 3.63) is 23.8 Å². The molecule has 1 heterocycles. The van der Waals surface area contributed by atoms with Crippen LogP contribution in [0.1, 0.15) is 24.8 Å². The molecule has 0 spiro atoms. The predicted molar refractivity (Wildman–Crippen MR) is 87.7 cm³/mol. The van der Waals surface area contributed by atoms with Gasteiger partial charge in [-0.05, 0) is 37.0 Å². The van der Waals surface area contributed by atoms with Crippen molar-refractivity contribution >= 4 is 5.97 Å². The first-order valence-electron chi connectivity index (χ1n) is 8.33. The summed E-state index contributed by atoms with van der Waals surface area (Å²) in [5, 5.41) is 57.2. The van der Waals surface area contributed by atoms with Crippen LogP contribution in [0.15, 0.2) is 18.2 Å². The van der Waals surface area contributed by atoms with Gasteiger partial charge in [-0.15, -0.1) is 0 Å². The molecular formula is C17H24O9. The van der Waals surface area contributed by atoms with E-state index in [0.29, 0.717) is 24.8 Å². The SMILES string of the molecule is O=C(O)CCCCc1cc(O)cc(O[C@@H]2O[C@H](CO)[C@@H](O)[C@H](O)[C@H]2O)c1. The molecule has 0 amide bonds. The van der Waals surface area contributed by atoms with Gasteiger partial charge in [-0.3, -0.25) is 4.79 Å². The maximum atomic E-state index is 10.5. The van der Waals surface area contributed by atoms with Crippen molar-refractivity contribution in [2.75, 3.05) is 6.61 Å². The molecule has 9 heteroatoms. The van der Waals surface area contributed by atoms with Crippen molar-refractivity contribution in [2.45, 2.75) is 56.4 Å². The molecule has 1 aliphatic rings. The lowest BCUT2D eigenvalue weighted by molar-refractivity contribution is -0.277. The molecule has 26 heavy (non-hydrogen) atoms. The molecule has 0 aliphatic carbocycles. The summed E-state index contributed by atoms with van der Waals surface area (Å²) in [4.78, 5) is 10.5. The van der Waals surface area contributed by atoms with Gasteiger partial charge in [-0.1, -0.05) is 0 Å². The van der Waals surface area contributed by atoms with Crippen LogP contribution in [-0.2, 0) is 16.0 Å². The van der Waals surface area contributed by atoms with Crippen molar-refractivity contribution in [1.82, 2.24) is 0 Å². The largest absolute Gasteiger partial charge is 0.508 e. The summed E-state index contributed by atoms with van der Waals surface area (Å²) in [5.41, 5.74) is 0.704. The molecule has 1 aromatic carbocycles. The van der Waals surface area contributed by atoms with E-state index in [1.807, 2.05) is 0 Å². The topological polar surface area (TPSA) is 157 Å². The standard InChI is InChI=1S/C17H24O9/c18-8-12-14(22)15(23)16(24)17(26-12)25-11-6-9(5-10(19)7-11)3-1-2-4-13(20)21/h5-7,12,14-19,22-24H,1-4,8H2,(H,20,21)/t12-,14-,15+,16-,17-/m1/s1. The number of aromatic hydroxyl groups is 1. The van der Waals surface area contributed by atoms with Crippen LogP contribution in [0.3, 0.4) is 0 Å². The zero-order valence-electron chi connectivity index (χ0n) is 14.1. The number of phenolic OH excluding ortho intramolecular Hbond substituents is 1. The second-order valence-corrected chi connectivity index (χ2v) is 6.25. The van der Waals surface area contributed by atoms with Crippen molar-refractivity contribution < 1.29 is 44.9 Å². The average molecular weight is 372 g/mol. The lowest BCUT2D eigenvalue weighted by atomic mass is 9.99. The normalized spacial score (nSPS) is 28.7. The number of ether oxygens (including phenoxy) is 2. The van der Waals surface area contributed by atoms with Crippen LogP contribution < -0.4 is 4.74 Å². The smallest absolute Gasteiger partial charge is 0.303 e. The highest BCUT2D eigenvalue weighted by molar-refractivity contribution is 5.66. The van der Waals surface area contributed by atoms with E-state index in [4.69, 9.17) is 14.6 Å². The number of aliphatic hydroxyl groups excluding tert-OH is 4. The first-order valence-corrected chi connectivity index (χ1v) is 8.33. The number of carbonyl (C=O) groups is 1. The van der Waals surface area contributed by atoms with E-state index in [0.717, 1.165) is 0 Å². The zero-order valence-corrected chi connectivity index (χ0v) is 14.1. The minimum Gasteiger partial charge on any atom is -0.508 e. The van der Waals surface area contributed by atoms with Crippen LogP contribution in [0.4, 0.5) is 0 Å². The van der Waals surface area contributed by atoms with Gasteiger partial charge in [0, 0.05) is 12.5 Å². The van der Waals surface area contributed by atoms with Gasteiger partial charge in [0.1, 0.15) is 35.9 Å². The molecule has 9 nitrogen and oxygen atoms in total. The van der Waals surface area contributed by atoms with Crippen LogP contribution in [-0.4, -0.2) is 73.9 Å². The lowest BCUT2D eigenvalue weighted by Crippen LogP contribution is -2.60. The zero-order chi connectivity index (χ0) is 19.3. The molecule has 5 atom stereocenters. The summed E-state index contributed by atoms with van der Waals surface area (Å²) >= 11 is 0. The fraction of sp³-hybridized carbons (Fsp3) is 0.588. The van der Waals surface area contributed by atoms with Crippen LogP contribution >= 0.6 is 0 Å². The number of carboxylic acids is 1. The Kier molecular flexibility index (Phi) is 7.18. The molecule has 0 saturated carbocycles. The molecule has 0 unspecified atom stereocenters. The Labute approximate surface area is 150 Å². The number of benzene rings is 1. The van der Waals surface area contributed by atoms with Gasteiger partial charge >= 0.3 is 5.97 Å². The molecule has 0 bridgehead atoms. The van der Waals surface area contributed by atoms with Crippen LogP contribution in [0.25, 0.3) is 0 Å². The molecule has 146 valence electrons. The molecule has 1 saturated heterocycles. The number of unbranched alkanes of at least 4 members (excludes halogenated alkanes) is 1. The summed E-state index contributed by atoms with van der Waals surface area (Å²) in [6.45, 7) is -0.570. The van der Waals surface area contributed by atoms with E-state index >= 15 is 0 Å². The van der Waals surface area contributed by atoms with E-state index < -0.39 is 43.3 Å². The van der Waals surface area contributed by atoms with Gasteiger partial charge in [-0.25, -0.2) is 0 Å². The molecule has 6 N–H and O–H groups in total. The maximum Gasteiger partial charge on any atom is 0.303 e. The minimum atomic E-state index is -1.56.